The molecule has 1 fully saturated rings. The number of carbonyl (C=O) groups excluding carboxylic acids is 3. The predicted molar refractivity (Wildman–Crippen MR) is 312 cm³/mol. The van der Waals surface area contributed by atoms with Crippen LogP contribution in [0.2, 0.25) is 0 Å². The summed E-state index contributed by atoms with van der Waals surface area (Å²) in [5.74, 6) is -1.24. The number of hydroxylamine groups is 2. The third kappa shape index (κ3) is 18.8. The van der Waals surface area contributed by atoms with E-state index in [0.717, 1.165) is 33.5 Å². The Morgan fingerprint density at radius 1 is 0.774 bits per heavy atom. The van der Waals surface area contributed by atoms with E-state index < -0.39 is 54.1 Å². The monoisotopic (exact) mass is 1210 g/mol. The van der Waals surface area contributed by atoms with Gasteiger partial charge in [-0.2, -0.15) is 13.0 Å². The summed E-state index contributed by atoms with van der Waals surface area (Å²) in [7, 11) is -7.61. The van der Waals surface area contributed by atoms with Crippen LogP contribution < -0.4 is 39.2 Å². The molecule has 448 valence electrons. The number of fused-ring (bicyclic) bond motifs is 3. The van der Waals surface area contributed by atoms with Crippen molar-refractivity contribution in [3.63, 3.8) is 0 Å². The van der Waals surface area contributed by atoms with Gasteiger partial charge in [-0.3, -0.25) is 14.1 Å². The van der Waals surface area contributed by atoms with Gasteiger partial charge in [0.25, 0.3) is 21.9 Å². The first-order valence-electron chi connectivity index (χ1n) is 27.7. The van der Waals surface area contributed by atoms with Crippen LogP contribution in [0, 0.1) is 0 Å². The second kappa shape index (κ2) is 31.8. The Kier molecular flexibility index (Phi) is 25.6. The molecule has 4 aliphatic rings. The Balaban J connectivity index is 0.0000113. The van der Waals surface area contributed by atoms with Crippen LogP contribution in [0.15, 0.2) is 120 Å². The number of allylic oxidation sites excluding steroid dienone is 10. The van der Waals surface area contributed by atoms with Crippen molar-refractivity contribution in [1.82, 2.24) is 5.06 Å². The maximum absolute atomic E-state index is 12.9. The second-order valence-corrected chi connectivity index (χ2v) is 23.8. The molecule has 84 heavy (non-hydrogen) atoms. The van der Waals surface area contributed by atoms with E-state index >= 15 is 0 Å². The molecule has 1 N–H and O–H groups in total. The van der Waals surface area contributed by atoms with Gasteiger partial charge in [0.15, 0.2) is 5.71 Å². The van der Waals surface area contributed by atoms with E-state index in [2.05, 4.69) is 43.9 Å². The zero-order valence-corrected chi connectivity index (χ0v) is 52.4. The van der Waals surface area contributed by atoms with Crippen LogP contribution >= 0.6 is 0 Å². The summed E-state index contributed by atoms with van der Waals surface area (Å²) in [4.78, 5) is 44.1. The maximum Gasteiger partial charge on any atom is 1.00 e. The number of methoxy groups -OCH3 is 1. The van der Waals surface area contributed by atoms with E-state index in [-0.39, 0.29) is 80.2 Å². The quantitative estimate of drug-likeness (QED) is 0.0212. The average molecular weight is 1210 g/mol. The Labute approximate surface area is 515 Å². The van der Waals surface area contributed by atoms with E-state index in [0.29, 0.717) is 113 Å². The molecular formula is C61H75N3NaO17S2+. The Hall–Kier alpha value is -5.44. The molecule has 0 radical (unpaired) electrons. The van der Waals surface area contributed by atoms with Gasteiger partial charge in [-0.05, 0) is 76.0 Å². The minimum atomic E-state index is -4.91. The molecule has 2 amide bonds. The first kappa shape index (κ1) is 67.7. The molecule has 20 nitrogen and oxygen atoms in total. The van der Waals surface area contributed by atoms with Crippen molar-refractivity contribution < 1.29 is 112 Å². The fourth-order valence-corrected chi connectivity index (χ4v) is 11.3. The van der Waals surface area contributed by atoms with Crippen LogP contribution in [-0.2, 0) is 73.3 Å². The SMILES string of the molecule is COCCOCCOCCOCCOCCOCCN1c2cc3c(cc2C(C)=CC1(C)C)C(=CC=CC=CC=CC1=[N+](CCCS(=O)(=O)O)c2ccc(S(=O)(=O)[O-])cc2C1(C)CCCC(=O)ON1C(=O)CCC1=O)C=C(c1ccccc1)O3.[Na+]. The first-order chi connectivity index (χ1) is 39.7. The van der Waals surface area contributed by atoms with Gasteiger partial charge >= 0.3 is 35.5 Å². The minimum Gasteiger partial charge on any atom is -0.744 e. The van der Waals surface area contributed by atoms with Gasteiger partial charge in [-0.15, -0.1) is 5.06 Å². The van der Waals surface area contributed by atoms with Crippen LogP contribution in [0.4, 0.5) is 11.4 Å². The van der Waals surface area contributed by atoms with Crippen LogP contribution in [0.25, 0.3) is 16.9 Å². The van der Waals surface area contributed by atoms with Crippen LogP contribution in [0.5, 0.6) is 5.75 Å². The molecule has 3 aromatic carbocycles. The Bertz CT molecular complexity index is 3250. The molecule has 0 spiro atoms. The van der Waals surface area contributed by atoms with E-state index in [1.165, 1.54) is 18.2 Å². The topological polar surface area (TPSA) is 246 Å². The number of hydrogen-bond acceptors (Lipinski definition) is 17. The van der Waals surface area contributed by atoms with Crippen molar-refractivity contribution in [2.24, 2.45) is 0 Å². The summed E-state index contributed by atoms with van der Waals surface area (Å²) in [6, 6.07) is 18.1. The molecule has 23 heteroatoms. The van der Waals surface area contributed by atoms with Gasteiger partial charge in [0.2, 0.25) is 5.69 Å². The van der Waals surface area contributed by atoms with Gasteiger partial charge in [0, 0.05) is 85.5 Å². The van der Waals surface area contributed by atoms with Gasteiger partial charge in [-0.25, -0.2) is 13.2 Å². The number of imide groups is 1. The van der Waals surface area contributed by atoms with Crippen LogP contribution in [0.1, 0.15) is 88.5 Å². The van der Waals surface area contributed by atoms with Crippen molar-refractivity contribution in [2.45, 2.75) is 82.1 Å². The minimum absolute atomic E-state index is 0. The number of nitrogens with zero attached hydrogens (tertiary/aromatic N) is 3. The Morgan fingerprint density at radius 2 is 1.38 bits per heavy atom. The molecule has 0 aromatic heterocycles. The summed E-state index contributed by atoms with van der Waals surface area (Å²) < 4.78 is 112. The van der Waals surface area contributed by atoms with E-state index in [1.54, 1.807) is 29.9 Å². The van der Waals surface area contributed by atoms with Gasteiger partial charge in [0.05, 0.1) is 94.3 Å². The van der Waals surface area contributed by atoms with E-state index in [4.69, 9.17) is 38.0 Å². The second-order valence-electron chi connectivity index (χ2n) is 20.8. The molecule has 0 saturated carbocycles. The van der Waals surface area contributed by atoms with Crippen molar-refractivity contribution in [1.29, 1.82) is 0 Å². The number of rotatable bonds is 33. The van der Waals surface area contributed by atoms with Crippen molar-refractivity contribution >= 4 is 72.0 Å². The number of hydrogen-bond donors (Lipinski definition) is 1. The Morgan fingerprint density at radius 3 is 2.00 bits per heavy atom. The van der Waals surface area contributed by atoms with Crippen LogP contribution in [0.3, 0.4) is 0 Å². The standard InChI is InChI=1S/C61H75N3O17S2.Na/c1-45-44-60(2,3)63(27-28-75-31-32-77-35-36-79-38-37-78-34-33-76-30-29-74-5)53-43-55-50(42-49(45)53)47(40-54(80-55)46-16-11-9-12-17-46)18-10-7-6-8-13-19-56-61(4,25-14-20-59(67)81-64-57(65)23-24-58(64)66)51-41-48(83(71,72)73)21-22-52(51)62(56)26-15-39-82(68,69)70;/h6-13,16-19,21-22,40-44H,14-15,20,23-39H2,1-5H3,(H-,68,69,70,71,72,73);/q;+1. The summed E-state index contributed by atoms with van der Waals surface area (Å²) >= 11 is 0. The van der Waals surface area contributed by atoms with Crippen LogP contribution in [-0.4, -0.2) is 163 Å². The van der Waals surface area contributed by atoms with Crippen molar-refractivity contribution in [2.75, 3.05) is 104 Å². The molecule has 7 rings (SSSR count). The summed E-state index contributed by atoms with van der Waals surface area (Å²) in [6.45, 7) is 14.3. The third-order valence-corrected chi connectivity index (χ3v) is 16.0. The molecule has 1 saturated heterocycles. The molecule has 1 unspecified atom stereocenters. The molecule has 0 bridgehead atoms. The zero-order valence-electron chi connectivity index (χ0n) is 48.7. The summed E-state index contributed by atoms with van der Waals surface area (Å²) in [5, 5.41) is 0.470. The zero-order chi connectivity index (χ0) is 59.6. The van der Waals surface area contributed by atoms with E-state index in [9.17, 15) is 40.3 Å². The molecular weight excluding hydrogens is 1130 g/mol. The number of carbonyl (C=O) groups is 3. The van der Waals surface area contributed by atoms with Gasteiger partial charge in [0.1, 0.15) is 28.2 Å². The molecule has 4 aliphatic heterocycles. The summed E-state index contributed by atoms with van der Waals surface area (Å²) in [5.41, 5.74) is 6.09. The molecule has 0 aliphatic carbocycles. The first-order valence-corrected chi connectivity index (χ1v) is 30.7. The smallest absolute Gasteiger partial charge is 0.744 e. The predicted octanol–water partition coefficient (Wildman–Crippen LogP) is 4.92. The number of amides is 2. The number of anilines is 1. The van der Waals surface area contributed by atoms with Gasteiger partial charge in [-0.1, -0.05) is 72.9 Å². The fraction of sp³-hybridized carbons (Fsp3) is 0.443. The fourth-order valence-electron chi connectivity index (χ4n) is 10.3. The average Bonchev–Trinajstić information content (AvgIpc) is 1.55. The molecule has 1 atom stereocenters. The van der Waals surface area contributed by atoms with E-state index in [1.807, 2.05) is 67.6 Å². The van der Waals surface area contributed by atoms with Gasteiger partial charge < -0.3 is 47.4 Å². The molecule has 4 heterocycles. The normalized spacial score (nSPS) is 18.2. The largest absolute Gasteiger partial charge is 1.00 e. The maximum atomic E-state index is 12.9. The summed E-state index contributed by atoms with van der Waals surface area (Å²) in [6.07, 6.45) is 17.2. The number of ether oxygens (including phenoxy) is 7. The molecule has 3 aromatic rings. The number of benzene rings is 3. The third-order valence-electron chi connectivity index (χ3n) is 14.3. The van der Waals surface area contributed by atoms with Crippen molar-refractivity contribution in [3.05, 3.63) is 138 Å². The van der Waals surface area contributed by atoms with Crippen molar-refractivity contribution in [3.8, 4) is 5.75 Å².